The van der Waals surface area contributed by atoms with Crippen molar-refractivity contribution in [2.45, 2.75) is 45.1 Å². The molecule has 0 aliphatic carbocycles. The smallest absolute Gasteiger partial charge is 0.133 e. The Labute approximate surface area is 97.9 Å². The van der Waals surface area contributed by atoms with E-state index in [-0.39, 0.29) is 6.04 Å². The molecule has 2 nitrogen and oxygen atoms in total. The van der Waals surface area contributed by atoms with Crippen LogP contribution in [0.25, 0.3) is 0 Å². The summed E-state index contributed by atoms with van der Waals surface area (Å²) in [6.45, 7) is 1.98. The van der Waals surface area contributed by atoms with Crippen molar-refractivity contribution in [2.24, 2.45) is 5.73 Å². The molecule has 0 aliphatic rings. The van der Waals surface area contributed by atoms with Gasteiger partial charge in [-0.1, -0.05) is 30.3 Å². The molecule has 1 rings (SSSR count). The summed E-state index contributed by atoms with van der Waals surface area (Å²) in [5.74, 6) is 0.351. The SMILES string of the molecule is CC(N)CCCC(=O)CCc1ccccc1. The van der Waals surface area contributed by atoms with E-state index in [4.69, 9.17) is 5.73 Å². The number of carbonyl (C=O) groups is 1. The number of carbonyl (C=O) groups excluding carboxylic acids is 1. The number of aryl methyl sites for hydroxylation is 1. The molecule has 0 amide bonds. The van der Waals surface area contributed by atoms with Crippen LogP contribution in [0.15, 0.2) is 30.3 Å². The maximum atomic E-state index is 11.6. The third-order valence-corrected chi connectivity index (χ3v) is 2.65. The molecule has 0 aromatic heterocycles. The molecule has 0 saturated carbocycles. The first-order chi connectivity index (χ1) is 7.68. The van der Waals surface area contributed by atoms with E-state index in [1.54, 1.807) is 0 Å². The fraction of sp³-hybridized carbons (Fsp3) is 0.500. The lowest BCUT2D eigenvalue weighted by Gasteiger charge is -2.04. The minimum Gasteiger partial charge on any atom is -0.328 e. The molecule has 16 heavy (non-hydrogen) atoms. The fourth-order valence-corrected chi connectivity index (χ4v) is 1.67. The van der Waals surface area contributed by atoms with E-state index in [9.17, 15) is 4.79 Å². The number of rotatable bonds is 7. The van der Waals surface area contributed by atoms with Crippen molar-refractivity contribution >= 4 is 5.78 Å². The maximum absolute atomic E-state index is 11.6. The predicted octanol–water partition coefficient (Wildman–Crippen LogP) is 2.71. The maximum Gasteiger partial charge on any atom is 0.133 e. The number of hydrogen-bond donors (Lipinski definition) is 1. The zero-order valence-corrected chi connectivity index (χ0v) is 9.99. The summed E-state index contributed by atoms with van der Waals surface area (Å²) < 4.78 is 0. The Morgan fingerprint density at radius 3 is 2.56 bits per heavy atom. The van der Waals surface area contributed by atoms with Crippen LogP contribution in [-0.2, 0) is 11.2 Å². The van der Waals surface area contributed by atoms with Gasteiger partial charge in [0.15, 0.2) is 0 Å². The normalized spacial score (nSPS) is 12.4. The van der Waals surface area contributed by atoms with Crippen LogP contribution in [0.3, 0.4) is 0 Å². The molecule has 0 spiro atoms. The molecule has 2 N–H and O–H groups in total. The lowest BCUT2D eigenvalue weighted by atomic mass is 10.0. The highest BCUT2D eigenvalue weighted by Gasteiger charge is 2.03. The fourth-order valence-electron chi connectivity index (χ4n) is 1.67. The van der Waals surface area contributed by atoms with Crippen molar-refractivity contribution in [3.05, 3.63) is 35.9 Å². The minimum absolute atomic E-state index is 0.210. The second-order valence-electron chi connectivity index (χ2n) is 4.39. The Kier molecular flexibility index (Phi) is 5.79. The highest BCUT2D eigenvalue weighted by Crippen LogP contribution is 2.06. The molecule has 1 unspecified atom stereocenters. The number of hydrogen-bond acceptors (Lipinski definition) is 2. The third kappa shape index (κ3) is 5.66. The van der Waals surface area contributed by atoms with Gasteiger partial charge in [0.1, 0.15) is 5.78 Å². The first-order valence-corrected chi connectivity index (χ1v) is 5.99. The van der Waals surface area contributed by atoms with Crippen molar-refractivity contribution in [3.63, 3.8) is 0 Å². The van der Waals surface area contributed by atoms with Crippen LogP contribution in [0.5, 0.6) is 0 Å². The quantitative estimate of drug-likeness (QED) is 0.766. The average Bonchev–Trinajstić information content (AvgIpc) is 2.27. The number of Topliss-reactive ketones (excluding diaryl/α,β-unsaturated/α-hetero) is 1. The van der Waals surface area contributed by atoms with Crippen LogP contribution in [0.2, 0.25) is 0 Å². The molecule has 1 atom stereocenters. The van der Waals surface area contributed by atoms with Crippen LogP contribution in [0.4, 0.5) is 0 Å². The molecule has 0 radical (unpaired) electrons. The summed E-state index contributed by atoms with van der Waals surface area (Å²) in [6, 6.07) is 10.4. The lowest BCUT2D eigenvalue weighted by molar-refractivity contribution is -0.119. The van der Waals surface area contributed by atoms with Crippen molar-refractivity contribution < 1.29 is 4.79 Å². The summed E-state index contributed by atoms with van der Waals surface area (Å²) in [6.07, 6.45) is 4.05. The number of ketones is 1. The summed E-state index contributed by atoms with van der Waals surface area (Å²) >= 11 is 0. The summed E-state index contributed by atoms with van der Waals surface area (Å²) in [7, 11) is 0. The first kappa shape index (κ1) is 12.9. The summed E-state index contributed by atoms with van der Waals surface area (Å²) in [4.78, 5) is 11.6. The molecule has 0 fully saturated rings. The highest BCUT2D eigenvalue weighted by atomic mass is 16.1. The molecule has 1 aromatic rings. The van der Waals surface area contributed by atoms with Crippen LogP contribution < -0.4 is 5.73 Å². The standard InChI is InChI=1S/C14H21NO/c1-12(15)6-5-9-14(16)11-10-13-7-3-2-4-8-13/h2-4,7-8,12H,5-6,9-11,15H2,1H3. The Bertz CT molecular complexity index is 306. The molecule has 0 heterocycles. The van der Waals surface area contributed by atoms with Gasteiger partial charge in [0.2, 0.25) is 0 Å². The number of benzene rings is 1. The van der Waals surface area contributed by atoms with Crippen molar-refractivity contribution in [1.29, 1.82) is 0 Å². The first-order valence-electron chi connectivity index (χ1n) is 5.99. The predicted molar refractivity (Wildman–Crippen MR) is 67.3 cm³/mol. The van der Waals surface area contributed by atoms with Gasteiger partial charge < -0.3 is 5.73 Å². The molecule has 0 saturated heterocycles. The Hall–Kier alpha value is -1.15. The second kappa shape index (κ2) is 7.18. The van der Waals surface area contributed by atoms with Gasteiger partial charge in [-0.2, -0.15) is 0 Å². The molecular formula is C14H21NO. The monoisotopic (exact) mass is 219 g/mol. The zero-order valence-electron chi connectivity index (χ0n) is 9.99. The van der Waals surface area contributed by atoms with Crippen molar-refractivity contribution in [3.8, 4) is 0 Å². The topological polar surface area (TPSA) is 43.1 Å². The van der Waals surface area contributed by atoms with Gasteiger partial charge in [0, 0.05) is 18.9 Å². The Balaban J connectivity index is 2.16. The Morgan fingerprint density at radius 2 is 1.94 bits per heavy atom. The third-order valence-electron chi connectivity index (χ3n) is 2.65. The van der Waals surface area contributed by atoms with E-state index in [0.29, 0.717) is 18.6 Å². The van der Waals surface area contributed by atoms with Gasteiger partial charge in [-0.05, 0) is 31.7 Å². The van der Waals surface area contributed by atoms with Gasteiger partial charge in [-0.3, -0.25) is 4.79 Å². The molecule has 0 aliphatic heterocycles. The molecule has 1 aromatic carbocycles. The van der Waals surface area contributed by atoms with E-state index in [1.165, 1.54) is 5.56 Å². The molecule has 88 valence electrons. The van der Waals surface area contributed by atoms with E-state index < -0.39 is 0 Å². The number of nitrogens with two attached hydrogens (primary N) is 1. The van der Waals surface area contributed by atoms with E-state index in [2.05, 4.69) is 12.1 Å². The van der Waals surface area contributed by atoms with E-state index in [0.717, 1.165) is 19.3 Å². The molecular weight excluding hydrogens is 198 g/mol. The largest absolute Gasteiger partial charge is 0.328 e. The van der Waals surface area contributed by atoms with Crippen LogP contribution in [-0.4, -0.2) is 11.8 Å². The van der Waals surface area contributed by atoms with Gasteiger partial charge in [0.05, 0.1) is 0 Å². The van der Waals surface area contributed by atoms with Crippen LogP contribution in [0, 0.1) is 0 Å². The van der Waals surface area contributed by atoms with Gasteiger partial charge in [-0.25, -0.2) is 0 Å². The van der Waals surface area contributed by atoms with E-state index >= 15 is 0 Å². The average molecular weight is 219 g/mol. The molecule has 2 heteroatoms. The highest BCUT2D eigenvalue weighted by molar-refractivity contribution is 5.78. The van der Waals surface area contributed by atoms with Gasteiger partial charge in [0.25, 0.3) is 0 Å². The second-order valence-corrected chi connectivity index (χ2v) is 4.39. The van der Waals surface area contributed by atoms with Crippen LogP contribution >= 0.6 is 0 Å². The summed E-state index contributed by atoms with van der Waals surface area (Å²) in [5.41, 5.74) is 6.87. The van der Waals surface area contributed by atoms with Gasteiger partial charge in [-0.15, -0.1) is 0 Å². The minimum atomic E-state index is 0.210. The zero-order chi connectivity index (χ0) is 11.8. The molecule has 0 bridgehead atoms. The van der Waals surface area contributed by atoms with Crippen molar-refractivity contribution in [1.82, 2.24) is 0 Å². The van der Waals surface area contributed by atoms with Gasteiger partial charge >= 0.3 is 0 Å². The summed E-state index contributed by atoms with van der Waals surface area (Å²) in [5, 5.41) is 0. The van der Waals surface area contributed by atoms with E-state index in [1.807, 2.05) is 25.1 Å². The lowest BCUT2D eigenvalue weighted by Crippen LogP contribution is -2.14. The van der Waals surface area contributed by atoms with Crippen LogP contribution in [0.1, 0.15) is 38.2 Å². The van der Waals surface area contributed by atoms with Crippen molar-refractivity contribution in [2.75, 3.05) is 0 Å². The Morgan fingerprint density at radius 1 is 1.25 bits per heavy atom.